The van der Waals surface area contributed by atoms with E-state index < -0.39 is 0 Å². The third-order valence-electron chi connectivity index (χ3n) is 3.50. The molecule has 0 aliphatic carbocycles. The molecule has 23 heavy (non-hydrogen) atoms. The average molecular weight is 313 g/mol. The van der Waals surface area contributed by atoms with Crippen molar-refractivity contribution in [2.75, 3.05) is 0 Å². The SMILES string of the molecule is CCCc1cc(CNC(=O)c2cc(C)n3nc(C)cc3n2)on1. The molecule has 0 bridgehead atoms. The second-order valence-electron chi connectivity index (χ2n) is 5.56. The molecule has 1 N–H and O–H groups in total. The molecule has 3 aromatic rings. The molecule has 7 nitrogen and oxygen atoms in total. The molecule has 3 heterocycles. The molecule has 1 amide bonds. The molecule has 120 valence electrons. The van der Waals surface area contributed by atoms with E-state index in [1.54, 1.807) is 10.6 Å². The monoisotopic (exact) mass is 313 g/mol. The molecule has 3 aromatic heterocycles. The van der Waals surface area contributed by atoms with Crippen LogP contribution in [-0.2, 0) is 13.0 Å². The summed E-state index contributed by atoms with van der Waals surface area (Å²) in [6.07, 6.45) is 1.88. The molecular formula is C16H19N5O2. The van der Waals surface area contributed by atoms with Crippen LogP contribution >= 0.6 is 0 Å². The molecule has 0 aliphatic rings. The maximum Gasteiger partial charge on any atom is 0.270 e. The third kappa shape index (κ3) is 3.23. The third-order valence-corrected chi connectivity index (χ3v) is 3.50. The minimum absolute atomic E-state index is 0.247. The number of carbonyl (C=O) groups is 1. The second kappa shape index (κ2) is 6.20. The summed E-state index contributed by atoms with van der Waals surface area (Å²) in [5, 5.41) is 11.1. The van der Waals surface area contributed by atoms with Gasteiger partial charge in [-0.3, -0.25) is 4.79 Å². The minimum atomic E-state index is -0.247. The van der Waals surface area contributed by atoms with Crippen LogP contribution in [0.5, 0.6) is 0 Å². The zero-order chi connectivity index (χ0) is 16.4. The number of hydrogen-bond acceptors (Lipinski definition) is 5. The maximum atomic E-state index is 12.3. The van der Waals surface area contributed by atoms with Crippen LogP contribution in [0.15, 0.2) is 22.7 Å². The molecule has 0 saturated carbocycles. The zero-order valence-electron chi connectivity index (χ0n) is 13.5. The Morgan fingerprint density at radius 2 is 2.13 bits per heavy atom. The van der Waals surface area contributed by atoms with Crippen LogP contribution in [0.1, 0.15) is 46.7 Å². The Balaban J connectivity index is 1.72. The highest BCUT2D eigenvalue weighted by molar-refractivity contribution is 5.92. The molecule has 0 unspecified atom stereocenters. The summed E-state index contributed by atoms with van der Waals surface area (Å²) < 4.78 is 6.92. The van der Waals surface area contributed by atoms with E-state index in [1.165, 1.54) is 0 Å². The van der Waals surface area contributed by atoms with Gasteiger partial charge >= 0.3 is 0 Å². The number of aryl methyl sites for hydroxylation is 3. The summed E-state index contributed by atoms with van der Waals surface area (Å²) in [5.74, 6) is 0.391. The second-order valence-corrected chi connectivity index (χ2v) is 5.56. The van der Waals surface area contributed by atoms with Gasteiger partial charge in [-0.1, -0.05) is 18.5 Å². The van der Waals surface area contributed by atoms with Gasteiger partial charge in [-0.2, -0.15) is 5.10 Å². The molecule has 7 heteroatoms. The fraction of sp³-hybridized carbons (Fsp3) is 0.375. The van der Waals surface area contributed by atoms with Crippen molar-refractivity contribution in [1.29, 1.82) is 0 Å². The predicted molar refractivity (Wildman–Crippen MR) is 84.1 cm³/mol. The summed E-state index contributed by atoms with van der Waals surface area (Å²) in [4.78, 5) is 16.6. The van der Waals surface area contributed by atoms with Crippen molar-refractivity contribution in [2.45, 2.75) is 40.2 Å². The van der Waals surface area contributed by atoms with E-state index in [-0.39, 0.29) is 5.91 Å². The van der Waals surface area contributed by atoms with Crippen LogP contribution < -0.4 is 5.32 Å². The fourth-order valence-electron chi connectivity index (χ4n) is 2.43. The number of aromatic nitrogens is 4. The number of nitrogens with zero attached hydrogens (tertiary/aromatic N) is 4. The number of hydrogen-bond donors (Lipinski definition) is 1. The highest BCUT2D eigenvalue weighted by Gasteiger charge is 2.13. The van der Waals surface area contributed by atoms with Crippen molar-refractivity contribution < 1.29 is 9.32 Å². The number of carbonyl (C=O) groups excluding carboxylic acids is 1. The summed E-state index contributed by atoms with van der Waals surface area (Å²) in [5.41, 5.74) is 3.66. The average Bonchev–Trinajstić information content (AvgIpc) is 3.11. The van der Waals surface area contributed by atoms with Crippen LogP contribution in [0.25, 0.3) is 5.65 Å². The van der Waals surface area contributed by atoms with Crippen molar-refractivity contribution in [1.82, 2.24) is 25.1 Å². The van der Waals surface area contributed by atoms with Gasteiger partial charge in [-0.15, -0.1) is 0 Å². The number of rotatable bonds is 5. The van der Waals surface area contributed by atoms with Crippen LogP contribution in [0.2, 0.25) is 0 Å². The Kier molecular flexibility index (Phi) is 4.10. The van der Waals surface area contributed by atoms with E-state index in [9.17, 15) is 4.79 Å². The Labute approximate surface area is 133 Å². The summed E-state index contributed by atoms with van der Waals surface area (Å²) >= 11 is 0. The summed E-state index contributed by atoms with van der Waals surface area (Å²) in [6.45, 7) is 6.16. The quantitative estimate of drug-likeness (QED) is 0.780. The van der Waals surface area contributed by atoms with Crippen LogP contribution in [0.4, 0.5) is 0 Å². The highest BCUT2D eigenvalue weighted by atomic mass is 16.5. The minimum Gasteiger partial charge on any atom is -0.359 e. The molecular weight excluding hydrogens is 294 g/mol. The summed E-state index contributed by atoms with van der Waals surface area (Å²) in [7, 11) is 0. The highest BCUT2D eigenvalue weighted by Crippen LogP contribution is 2.10. The maximum absolute atomic E-state index is 12.3. The van der Waals surface area contributed by atoms with Crippen molar-refractivity contribution >= 4 is 11.6 Å². The Bertz CT molecular complexity index is 849. The van der Waals surface area contributed by atoms with Gasteiger partial charge in [0.25, 0.3) is 5.91 Å². The first kappa shape index (κ1) is 15.2. The van der Waals surface area contributed by atoms with Crippen molar-refractivity contribution in [2.24, 2.45) is 0 Å². The molecule has 0 atom stereocenters. The molecule has 0 aliphatic heterocycles. The molecule has 0 saturated heterocycles. The number of fused-ring (bicyclic) bond motifs is 1. The smallest absolute Gasteiger partial charge is 0.270 e. The van der Waals surface area contributed by atoms with Gasteiger partial charge in [0, 0.05) is 17.8 Å². The van der Waals surface area contributed by atoms with E-state index in [0.29, 0.717) is 23.6 Å². The molecule has 0 radical (unpaired) electrons. The van der Waals surface area contributed by atoms with E-state index in [2.05, 4.69) is 27.5 Å². The Morgan fingerprint density at radius 3 is 2.91 bits per heavy atom. The molecule has 3 rings (SSSR count). The molecule has 0 aromatic carbocycles. The van der Waals surface area contributed by atoms with Crippen LogP contribution in [-0.4, -0.2) is 25.7 Å². The van der Waals surface area contributed by atoms with Crippen LogP contribution in [0.3, 0.4) is 0 Å². The predicted octanol–water partition coefficient (Wildman–Crippen LogP) is 2.22. The first-order chi connectivity index (χ1) is 11.1. The van der Waals surface area contributed by atoms with Gasteiger partial charge in [-0.05, 0) is 26.3 Å². The normalized spacial score (nSPS) is 11.1. The van der Waals surface area contributed by atoms with Gasteiger partial charge in [0.15, 0.2) is 11.4 Å². The van der Waals surface area contributed by atoms with E-state index in [4.69, 9.17) is 4.52 Å². The van der Waals surface area contributed by atoms with Gasteiger partial charge < -0.3 is 9.84 Å². The lowest BCUT2D eigenvalue weighted by Crippen LogP contribution is -2.24. The van der Waals surface area contributed by atoms with Crippen molar-refractivity contribution in [3.05, 3.63) is 46.7 Å². The lowest BCUT2D eigenvalue weighted by molar-refractivity contribution is 0.0942. The van der Waals surface area contributed by atoms with Crippen molar-refractivity contribution in [3.63, 3.8) is 0 Å². The number of amides is 1. The van der Waals surface area contributed by atoms with E-state index >= 15 is 0 Å². The topological polar surface area (TPSA) is 85.3 Å². The van der Waals surface area contributed by atoms with Crippen molar-refractivity contribution in [3.8, 4) is 0 Å². The lowest BCUT2D eigenvalue weighted by atomic mass is 10.2. The Hall–Kier alpha value is -2.70. The zero-order valence-corrected chi connectivity index (χ0v) is 13.5. The lowest BCUT2D eigenvalue weighted by Gasteiger charge is -2.05. The first-order valence-corrected chi connectivity index (χ1v) is 7.63. The first-order valence-electron chi connectivity index (χ1n) is 7.63. The number of nitrogens with one attached hydrogen (secondary N) is 1. The fourth-order valence-corrected chi connectivity index (χ4v) is 2.43. The van der Waals surface area contributed by atoms with Gasteiger partial charge in [0.2, 0.25) is 0 Å². The summed E-state index contributed by atoms with van der Waals surface area (Å²) in [6, 6.07) is 5.43. The molecule has 0 fully saturated rings. The molecule has 0 spiro atoms. The van der Waals surface area contributed by atoms with Crippen LogP contribution in [0, 0.1) is 13.8 Å². The standard InChI is InChI=1S/C16H19N5O2/c1-4-5-12-8-13(23-20-12)9-17-16(22)14-7-11(3)21-15(18-14)6-10(2)19-21/h6-8H,4-5,9H2,1-3H3,(H,17,22). The van der Waals surface area contributed by atoms with Gasteiger partial charge in [-0.25, -0.2) is 9.50 Å². The van der Waals surface area contributed by atoms with E-state index in [1.807, 2.05) is 26.0 Å². The Morgan fingerprint density at radius 1 is 1.30 bits per heavy atom. The largest absolute Gasteiger partial charge is 0.359 e. The van der Waals surface area contributed by atoms with Gasteiger partial charge in [0.1, 0.15) is 5.69 Å². The van der Waals surface area contributed by atoms with E-state index in [0.717, 1.165) is 29.9 Å². The van der Waals surface area contributed by atoms with Gasteiger partial charge in [0.05, 0.1) is 17.9 Å².